The van der Waals surface area contributed by atoms with E-state index in [1.807, 2.05) is 23.1 Å². The van der Waals surface area contributed by atoms with Crippen molar-refractivity contribution in [2.24, 2.45) is 0 Å². The predicted octanol–water partition coefficient (Wildman–Crippen LogP) is 2.44. The van der Waals surface area contributed by atoms with E-state index in [9.17, 15) is 4.79 Å². The normalized spacial score (nSPS) is 16.0. The highest BCUT2D eigenvalue weighted by Gasteiger charge is 2.20. The molecular formula is C19H26N4O2. The molecule has 0 bridgehead atoms. The van der Waals surface area contributed by atoms with Gasteiger partial charge in [-0.05, 0) is 24.8 Å². The zero-order chi connectivity index (χ0) is 17.5. The van der Waals surface area contributed by atoms with Gasteiger partial charge in [0.25, 0.3) is 0 Å². The Kier molecular flexibility index (Phi) is 6.17. The molecule has 0 N–H and O–H groups in total. The number of nitrogens with zero attached hydrogens (tertiary/aromatic N) is 4. The van der Waals surface area contributed by atoms with Gasteiger partial charge in [0.1, 0.15) is 0 Å². The standard InChI is InChI=1S/C19H26N4O2/c1-16-20-21-18(25-16)15-22-11-6-12-23(14-13-22)19(24)10-5-9-17-7-3-2-4-8-17/h2-4,7-8H,5-6,9-15H2,1H3. The van der Waals surface area contributed by atoms with Gasteiger partial charge < -0.3 is 9.32 Å². The second-order valence-electron chi connectivity index (χ2n) is 6.56. The zero-order valence-electron chi connectivity index (χ0n) is 14.9. The van der Waals surface area contributed by atoms with Crippen molar-refractivity contribution in [3.8, 4) is 0 Å². The van der Waals surface area contributed by atoms with E-state index in [4.69, 9.17) is 4.42 Å². The van der Waals surface area contributed by atoms with Gasteiger partial charge in [0.15, 0.2) is 0 Å². The Labute approximate surface area is 148 Å². The van der Waals surface area contributed by atoms with E-state index < -0.39 is 0 Å². The lowest BCUT2D eigenvalue weighted by molar-refractivity contribution is -0.131. The topological polar surface area (TPSA) is 62.5 Å². The summed E-state index contributed by atoms with van der Waals surface area (Å²) in [5.41, 5.74) is 1.30. The molecule has 1 aliphatic rings. The summed E-state index contributed by atoms with van der Waals surface area (Å²) in [4.78, 5) is 16.8. The molecular weight excluding hydrogens is 316 g/mol. The minimum atomic E-state index is 0.270. The molecule has 6 heteroatoms. The van der Waals surface area contributed by atoms with E-state index in [-0.39, 0.29) is 5.91 Å². The van der Waals surface area contributed by atoms with Crippen LogP contribution in [0, 0.1) is 6.92 Å². The maximum absolute atomic E-state index is 12.5. The van der Waals surface area contributed by atoms with Gasteiger partial charge in [-0.25, -0.2) is 0 Å². The van der Waals surface area contributed by atoms with Crippen molar-refractivity contribution in [1.29, 1.82) is 0 Å². The fraction of sp³-hybridized carbons (Fsp3) is 0.526. The summed E-state index contributed by atoms with van der Waals surface area (Å²) in [5.74, 6) is 1.52. The van der Waals surface area contributed by atoms with Gasteiger partial charge >= 0.3 is 0 Å². The second-order valence-corrected chi connectivity index (χ2v) is 6.56. The van der Waals surface area contributed by atoms with Crippen molar-refractivity contribution >= 4 is 5.91 Å². The quantitative estimate of drug-likeness (QED) is 0.807. The molecule has 0 radical (unpaired) electrons. The first-order valence-corrected chi connectivity index (χ1v) is 9.04. The van der Waals surface area contributed by atoms with Gasteiger partial charge in [-0.1, -0.05) is 30.3 Å². The van der Waals surface area contributed by atoms with Crippen molar-refractivity contribution < 1.29 is 9.21 Å². The summed E-state index contributed by atoms with van der Waals surface area (Å²) in [6.07, 6.45) is 3.47. The maximum Gasteiger partial charge on any atom is 0.230 e. The number of carbonyl (C=O) groups excluding carboxylic acids is 1. The SMILES string of the molecule is Cc1nnc(CN2CCCN(C(=O)CCCc3ccccc3)CC2)o1. The summed E-state index contributed by atoms with van der Waals surface area (Å²) in [6.45, 7) is 5.88. The summed E-state index contributed by atoms with van der Waals surface area (Å²) >= 11 is 0. The first-order valence-electron chi connectivity index (χ1n) is 9.04. The number of benzene rings is 1. The Bertz CT molecular complexity index is 671. The third-order valence-electron chi connectivity index (χ3n) is 4.57. The third kappa shape index (κ3) is 5.39. The van der Waals surface area contributed by atoms with Crippen LogP contribution in [0.4, 0.5) is 0 Å². The van der Waals surface area contributed by atoms with Crippen LogP contribution in [-0.2, 0) is 17.8 Å². The summed E-state index contributed by atoms with van der Waals surface area (Å²) in [6, 6.07) is 10.4. The molecule has 3 rings (SSSR count). The van der Waals surface area contributed by atoms with Crippen LogP contribution in [-0.4, -0.2) is 52.1 Å². The molecule has 0 atom stereocenters. The molecule has 25 heavy (non-hydrogen) atoms. The fourth-order valence-electron chi connectivity index (χ4n) is 3.22. The molecule has 0 spiro atoms. The van der Waals surface area contributed by atoms with E-state index in [0.29, 0.717) is 24.7 Å². The van der Waals surface area contributed by atoms with Crippen LogP contribution in [0.25, 0.3) is 0 Å². The number of amides is 1. The van der Waals surface area contributed by atoms with E-state index in [1.165, 1.54) is 5.56 Å². The number of aryl methyl sites for hydroxylation is 2. The average Bonchev–Trinajstić information content (AvgIpc) is 2.89. The highest BCUT2D eigenvalue weighted by atomic mass is 16.4. The Morgan fingerprint density at radius 2 is 1.96 bits per heavy atom. The molecule has 1 aliphatic heterocycles. The number of carbonyl (C=O) groups is 1. The lowest BCUT2D eigenvalue weighted by Gasteiger charge is -2.21. The van der Waals surface area contributed by atoms with E-state index in [2.05, 4.69) is 27.2 Å². The molecule has 1 saturated heterocycles. The van der Waals surface area contributed by atoms with Gasteiger partial charge in [-0.3, -0.25) is 9.69 Å². The first kappa shape index (κ1) is 17.6. The van der Waals surface area contributed by atoms with E-state index in [0.717, 1.165) is 45.4 Å². The van der Waals surface area contributed by atoms with Crippen molar-refractivity contribution in [2.75, 3.05) is 26.2 Å². The van der Waals surface area contributed by atoms with Gasteiger partial charge in [0.2, 0.25) is 17.7 Å². The molecule has 1 fully saturated rings. The molecule has 1 amide bonds. The molecule has 0 aliphatic carbocycles. The molecule has 2 aromatic rings. The summed E-state index contributed by atoms with van der Waals surface area (Å²) in [5, 5.41) is 7.92. The number of hydrogen-bond donors (Lipinski definition) is 0. The van der Waals surface area contributed by atoms with Gasteiger partial charge in [-0.2, -0.15) is 0 Å². The Morgan fingerprint density at radius 1 is 1.12 bits per heavy atom. The predicted molar refractivity (Wildman–Crippen MR) is 94.9 cm³/mol. The van der Waals surface area contributed by atoms with Crippen LogP contribution in [0.2, 0.25) is 0 Å². The third-order valence-corrected chi connectivity index (χ3v) is 4.57. The van der Waals surface area contributed by atoms with Gasteiger partial charge in [0.05, 0.1) is 6.54 Å². The lowest BCUT2D eigenvalue weighted by Crippen LogP contribution is -2.35. The lowest BCUT2D eigenvalue weighted by atomic mass is 10.1. The fourth-order valence-corrected chi connectivity index (χ4v) is 3.22. The Balaban J connectivity index is 1.41. The Morgan fingerprint density at radius 3 is 2.72 bits per heavy atom. The zero-order valence-corrected chi connectivity index (χ0v) is 14.9. The van der Waals surface area contributed by atoms with Crippen molar-refractivity contribution in [3.63, 3.8) is 0 Å². The highest BCUT2D eigenvalue weighted by molar-refractivity contribution is 5.76. The van der Waals surface area contributed by atoms with Crippen molar-refractivity contribution in [1.82, 2.24) is 20.0 Å². The number of aromatic nitrogens is 2. The van der Waals surface area contributed by atoms with Gasteiger partial charge in [-0.15, -0.1) is 10.2 Å². The number of rotatable bonds is 6. The average molecular weight is 342 g/mol. The summed E-state index contributed by atoms with van der Waals surface area (Å²) < 4.78 is 5.45. The molecule has 1 aromatic heterocycles. The van der Waals surface area contributed by atoms with Crippen LogP contribution < -0.4 is 0 Å². The molecule has 6 nitrogen and oxygen atoms in total. The van der Waals surface area contributed by atoms with Crippen molar-refractivity contribution in [3.05, 3.63) is 47.7 Å². The van der Waals surface area contributed by atoms with Crippen LogP contribution in [0.5, 0.6) is 0 Å². The maximum atomic E-state index is 12.5. The van der Waals surface area contributed by atoms with Crippen LogP contribution >= 0.6 is 0 Å². The van der Waals surface area contributed by atoms with Crippen LogP contribution in [0.1, 0.15) is 36.6 Å². The summed E-state index contributed by atoms with van der Waals surface area (Å²) in [7, 11) is 0. The molecule has 0 saturated carbocycles. The minimum Gasteiger partial charge on any atom is -0.424 e. The highest BCUT2D eigenvalue weighted by Crippen LogP contribution is 2.11. The smallest absolute Gasteiger partial charge is 0.230 e. The number of hydrogen-bond acceptors (Lipinski definition) is 5. The van der Waals surface area contributed by atoms with E-state index in [1.54, 1.807) is 6.92 Å². The van der Waals surface area contributed by atoms with Crippen LogP contribution in [0.3, 0.4) is 0 Å². The molecule has 2 heterocycles. The monoisotopic (exact) mass is 342 g/mol. The molecule has 134 valence electrons. The molecule has 1 aromatic carbocycles. The molecule has 0 unspecified atom stereocenters. The Hall–Kier alpha value is -2.21. The van der Waals surface area contributed by atoms with Gasteiger partial charge in [0, 0.05) is 39.5 Å². The van der Waals surface area contributed by atoms with E-state index >= 15 is 0 Å². The van der Waals surface area contributed by atoms with Crippen LogP contribution in [0.15, 0.2) is 34.7 Å². The largest absolute Gasteiger partial charge is 0.424 e. The van der Waals surface area contributed by atoms with Crippen molar-refractivity contribution in [2.45, 2.75) is 39.2 Å². The second kappa shape index (κ2) is 8.76. The first-order chi connectivity index (χ1) is 12.2. The minimum absolute atomic E-state index is 0.270.